The number of nitrogens with two attached hydrogens (primary N) is 1. The number of urea groups is 1. The molecule has 12 amide bonds. The first-order valence-electron chi connectivity index (χ1n) is 33.3. The van der Waals surface area contributed by atoms with Crippen molar-refractivity contribution in [3.8, 4) is 0 Å². The predicted octanol–water partition coefficient (Wildman–Crippen LogP) is 4.78. The second-order valence-electron chi connectivity index (χ2n) is 26.1. The van der Waals surface area contributed by atoms with Gasteiger partial charge in [0.05, 0.1) is 41.9 Å². The quantitative estimate of drug-likeness (QED) is 0.0247. The Morgan fingerprint density at radius 3 is 1.94 bits per heavy atom. The van der Waals surface area contributed by atoms with E-state index in [2.05, 4.69) is 44.5 Å². The standard InChI is InChI=1S/C68H105N11O16S/c1-14-42(8)58(50(93-12)36-53(81)78-34-22-26-49(78)59(94-13)43(9)60(83)73-48(66(89)90)35-44-23-17-15-18-24-44)76(10)65(88)56(40(4)5)75-63(86)57(41(6)7)77(11)68(92)95-38-45-28-30-46(31-29-45)71-61(84)47(25-21-32-70-67(69)91)72-62(85)55(39(2)3)74-52(80)27-19-16-20-33-79-54(82)37-51(96)64(79)87/h15,17-18,23-24,28-31,39-43,47-51,55-59,96H,14,16,19-22,25-27,32-38H2,1-13H3,(H,71,84)(H,72,85)(H,73,83)(H,74,80)(H,75,86)(H,89,90)(H3,69,70,91)/t42-,43?,47-,48?,49-,50+,51?,55?,56-,57-,58-,59?/m0/s1. The lowest BCUT2D eigenvalue weighted by Gasteiger charge is -2.41. The summed E-state index contributed by atoms with van der Waals surface area (Å²) < 4.78 is 17.7. The summed E-state index contributed by atoms with van der Waals surface area (Å²) in [7, 11) is 5.96. The molecule has 9 N–H and O–H groups in total. The third-order valence-electron chi connectivity index (χ3n) is 17.9. The van der Waals surface area contributed by atoms with E-state index < -0.39 is 131 Å². The maximum absolute atomic E-state index is 14.8. The molecule has 12 atom stereocenters. The predicted molar refractivity (Wildman–Crippen MR) is 362 cm³/mol. The summed E-state index contributed by atoms with van der Waals surface area (Å²) in [5.41, 5.74) is 6.83. The number of methoxy groups -OCH3 is 2. The molecule has 0 bridgehead atoms. The van der Waals surface area contributed by atoms with Crippen LogP contribution in [0.25, 0.3) is 0 Å². The molecule has 2 fully saturated rings. The largest absolute Gasteiger partial charge is 0.480 e. The number of hydrogen-bond acceptors (Lipinski definition) is 16. The van der Waals surface area contributed by atoms with E-state index in [0.29, 0.717) is 56.3 Å². The van der Waals surface area contributed by atoms with Gasteiger partial charge in [0.25, 0.3) is 0 Å². The maximum atomic E-state index is 14.8. The number of rotatable bonds is 39. The number of nitrogens with zero attached hydrogens (tertiary/aromatic N) is 4. The number of likely N-dealkylation sites (N-methyl/N-ethyl adjacent to an activating group) is 2. The van der Waals surface area contributed by atoms with Gasteiger partial charge in [0, 0.05) is 72.9 Å². The van der Waals surface area contributed by atoms with Crippen molar-refractivity contribution in [1.82, 2.24) is 46.2 Å². The summed E-state index contributed by atoms with van der Waals surface area (Å²) >= 11 is 4.14. The van der Waals surface area contributed by atoms with Gasteiger partial charge in [0.2, 0.25) is 53.2 Å². The molecule has 28 heteroatoms. The zero-order chi connectivity index (χ0) is 71.7. The van der Waals surface area contributed by atoms with Crippen LogP contribution in [-0.4, -0.2) is 204 Å². The molecule has 5 unspecified atom stereocenters. The molecule has 4 rings (SSSR count). The van der Waals surface area contributed by atoms with E-state index in [1.165, 1.54) is 31.1 Å². The van der Waals surface area contributed by atoms with Crippen molar-refractivity contribution in [2.24, 2.45) is 35.3 Å². The number of carbonyl (C=O) groups excluding carboxylic acids is 11. The van der Waals surface area contributed by atoms with E-state index in [1.54, 1.807) is 109 Å². The lowest BCUT2D eigenvalue weighted by atomic mass is 9.89. The summed E-state index contributed by atoms with van der Waals surface area (Å²) in [6.45, 7) is 16.6. The SMILES string of the molecule is CC[C@H](C)[C@@H]([C@@H](CC(=O)N1CCC[C@H]1C(OC)C(C)C(=O)NC(Cc1ccccc1)C(=O)O)OC)N(C)C(=O)[C@@H](NC(=O)[C@H](C(C)C)N(C)C(=O)OCc1ccc(NC(=O)[C@H](CCCNC(N)=O)NC(=O)C(NC(=O)CCCCCN2C(=O)CC(S)C2=O)C(C)C)cc1)C(C)C. The number of nitrogens with one attached hydrogen (secondary N) is 6. The van der Waals surface area contributed by atoms with E-state index in [4.69, 9.17) is 19.9 Å². The van der Waals surface area contributed by atoms with Crippen molar-refractivity contribution in [1.29, 1.82) is 0 Å². The third-order valence-corrected chi connectivity index (χ3v) is 18.4. The van der Waals surface area contributed by atoms with E-state index in [0.717, 1.165) is 10.5 Å². The summed E-state index contributed by atoms with van der Waals surface area (Å²) in [5.74, 6) is -7.59. The van der Waals surface area contributed by atoms with Crippen LogP contribution in [0.2, 0.25) is 0 Å². The van der Waals surface area contributed by atoms with E-state index in [1.807, 2.05) is 19.9 Å². The number of primary amides is 1. The van der Waals surface area contributed by atoms with Gasteiger partial charge in [-0.25, -0.2) is 14.4 Å². The number of ether oxygens (including phenoxy) is 3. The van der Waals surface area contributed by atoms with Gasteiger partial charge >= 0.3 is 18.1 Å². The molecule has 2 aromatic carbocycles. The van der Waals surface area contributed by atoms with Crippen LogP contribution in [0.1, 0.15) is 144 Å². The van der Waals surface area contributed by atoms with Crippen molar-refractivity contribution >= 4 is 89.6 Å². The first kappa shape index (κ1) is 80.6. The molecule has 0 aromatic heterocycles. The molecule has 96 heavy (non-hydrogen) atoms. The van der Waals surface area contributed by atoms with Crippen molar-refractivity contribution in [2.75, 3.05) is 53.3 Å². The number of carbonyl (C=O) groups is 12. The third kappa shape index (κ3) is 23.8. The molecule has 2 aliphatic heterocycles. The van der Waals surface area contributed by atoms with Crippen molar-refractivity contribution < 1.29 is 76.9 Å². The minimum absolute atomic E-state index is 0.0599. The Morgan fingerprint density at radius 2 is 1.38 bits per heavy atom. The number of amides is 12. The van der Waals surface area contributed by atoms with Gasteiger partial charge in [-0.05, 0) is 85.5 Å². The minimum atomic E-state index is -1.19. The summed E-state index contributed by atoms with van der Waals surface area (Å²) in [6, 6.07) is 7.85. The smallest absolute Gasteiger partial charge is 0.410 e. The fraction of sp³-hybridized carbons (Fsp3) is 0.647. The minimum Gasteiger partial charge on any atom is -0.480 e. The zero-order valence-corrected chi connectivity index (χ0v) is 58.9. The normalized spacial score (nSPS) is 17.8. The van der Waals surface area contributed by atoms with Crippen molar-refractivity contribution in [2.45, 2.75) is 206 Å². The van der Waals surface area contributed by atoms with Crippen molar-refractivity contribution in [3.63, 3.8) is 0 Å². The molecule has 0 radical (unpaired) electrons. The molecular formula is C68H105N11O16S. The van der Waals surface area contributed by atoms with Crippen LogP contribution < -0.4 is 37.6 Å². The number of imide groups is 1. The maximum Gasteiger partial charge on any atom is 0.410 e. The summed E-state index contributed by atoms with van der Waals surface area (Å²) in [4.78, 5) is 165. The number of hydrogen-bond donors (Lipinski definition) is 9. The van der Waals surface area contributed by atoms with Crippen LogP contribution in [0, 0.1) is 29.6 Å². The Labute approximate surface area is 570 Å². The zero-order valence-electron chi connectivity index (χ0n) is 58.1. The van der Waals surface area contributed by atoms with Gasteiger partial charge < -0.3 is 66.8 Å². The number of aliphatic carboxylic acids is 1. The van der Waals surface area contributed by atoms with Gasteiger partial charge in [-0.2, -0.15) is 12.6 Å². The van der Waals surface area contributed by atoms with Gasteiger partial charge in [0.1, 0.15) is 36.8 Å². The van der Waals surface area contributed by atoms with Crippen LogP contribution in [0.5, 0.6) is 0 Å². The van der Waals surface area contributed by atoms with Crippen LogP contribution in [0.3, 0.4) is 0 Å². The van der Waals surface area contributed by atoms with Crippen LogP contribution >= 0.6 is 12.6 Å². The fourth-order valence-corrected chi connectivity index (χ4v) is 12.6. The number of unbranched alkanes of at least 4 members (excludes halogenated alkanes) is 2. The summed E-state index contributed by atoms with van der Waals surface area (Å²) in [6.07, 6.45) is 1.20. The van der Waals surface area contributed by atoms with Crippen LogP contribution in [0.15, 0.2) is 54.6 Å². The fourth-order valence-electron chi connectivity index (χ4n) is 12.3. The lowest BCUT2D eigenvalue weighted by molar-refractivity contribution is -0.148. The molecule has 534 valence electrons. The number of likely N-dealkylation sites (tertiary alicyclic amines) is 2. The van der Waals surface area contributed by atoms with Gasteiger partial charge in [-0.1, -0.05) is 118 Å². The monoisotopic (exact) mass is 1360 g/mol. The lowest BCUT2D eigenvalue weighted by Crippen LogP contribution is -2.60. The highest BCUT2D eigenvalue weighted by molar-refractivity contribution is 7.81. The van der Waals surface area contributed by atoms with Gasteiger partial charge in [-0.3, -0.25) is 53.0 Å². The molecular weight excluding hydrogens is 1260 g/mol. The van der Waals surface area contributed by atoms with Crippen LogP contribution in [-0.2, 0) is 75.2 Å². The van der Waals surface area contributed by atoms with Crippen molar-refractivity contribution in [3.05, 3.63) is 65.7 Å². The Bertz CT molecular complexity index is 2960. The second-order valence-corrected chi connectivity index (χ2v) is 26.8. The van der Waals surface area contributed by atoms with E-state index in [9.17, 15) is 62.6 Å². The molecule has 2 saturated heterocycles. The average molecular weight is 1360 g/mol. The Hall–Kier alpha value is -7.85. The molecule has 2 aliphatic rings. The topological polar surface area (TPSA) is 364 Å². The first-order valence-corrected chi connectivity index (χ1v) is 33.8. The first-order chi connectivity index (χ1) is 45.4. The molecule has 2 heterocycles. The molecule has 0 aliphatic carbocycles. The van der Waals surface area contributed by atoms with Gasteiger partial charge in [-0.15, -0.1) is 0 Å². The highest BCUT2D eigenvalue weighted by Crippen LogP contribution is 2.30. The highest BCUT2D eigenvalue weighted by Gasteiger charge is 2.44. The number of carboxylic acids is 1. The number of carboxylic acid groups (broad SMARTS) is 1. The Kier molecular flexibility index (Phi) is 33.1. The summed E-state index contributed by atoms with van der Waals surface area (Å²) in [5, 5.41) is 25.7. The average Bonchev–Trinajstić information content (AvgIpc) is 1.19. The highest BCUT2D eigenvalue weighted by atomic mass is 32.1. The molecule has 27 nitrogen and oxygen atoms in total. The van der Waals surface area contributed by atoms with Crippen LogP contribution in [0.4, 0.5) is 15.3 Å². The Balaban J connectivity index is 1.38. The number of thiol groups is 1. The molecule has 2 aromatic rings. The van der Waals surface area contributed by atoms with E-state index >= 15 is 0 Å². The second kappa shape index (κ2) is 39.4. The number of anilines is 1. The Morgan fingerprint density at radius 1 is 0.729 bits per heavy atom. The van der Waals surface area contributed by atoms with E-state index in [-0.39, 0.29) is 87.8 Å². The van der Waals surface area contributed by atoms with Gasteiger partial charge in [0.15, 0.2) is 0 Å². The number of benzene rings is 2. The molecule has 0 spiro atoms. The molecule has 0 saturated carbocycles.